The molecule has 0 fully saturated rings. The van der Waals surface area contributed by atoms with E-state index in [0.29, 0.717) is 12.1 Å². The van der Waals surface area contributed by atoms with Crippen LogP contribution in [0.1, 0.15) is 29.8 Å². The molecule has 0 saturated heterocycles. The Labute approximate surface area is 135 Å². The zero-order chi connectivity index (χ0) is 16.7. The van der Waals surface area contributed by atoms with Crippen LogP contribution in [0, 0.1) is 0 Å². The second-order valence-corrected chi connectivity index (χ2v) is 5.13. The van der Waals surface area contributed by atoms with Crippen molar-refractivity contribution in [1.29, 1.82) is 0 Å². The van der Waals surface area contributed by atoms with E-state index in [1.165, 1.54) is 12.5 Å². The molecular weight excluding hydrogens is 294 g/mol. The molecule has 122 valence electrons. The molecule has 0 bridgehead atoms. The third-order valence-electron chi connectivity index (χ3n) is 3.36. The van der Waals surface area contributed by atoms with E-state index in [9.17, 15) is 9.59 Å². The highest BCUT2D eigenvalue weighted by Crippen LogP contribution is 2.15. The van der Waals surface area contributed by atoms with Crippen LogP contribution >= 0.6 is 0 Å². The maximum Gasteiger partial charge on any atom is 0.255 e. The van der Waals surface area contributed by atoms with Crippen LogP contribution in [0.25, 0.3) is 0 Å². The van der Waals surface area contributed by atoms with Crippen molar-refractivity contribution in [2.24, 2.45) is 0 Å². The zero-order valence-electron chi connectivity index (χ0n) is 13.3. The van der Waals surface area contributed by atoms with Crippen LogP contribution in [-0.4, -0.2) is 24.4 Å². The van der Waals surface area contributed by atoms with Crippen molar-refractivity contribution in [1.82, 2.24) is 10.6 Å². The average Bonchev–Trinajstić information content (AvgIpc) is 3.08. The first kappa shape index (κ1) is 16.8. The van der Waals surface area contributed by atoms with Crippen LogP contribution in [0.15, 0.2) is 47.3 Å². The Morgan fingerprint density at radius 3 is 2.70 bits per heavy atom. The second-order valence-electron chi connectivity index (χ2n) is 5.13. The van der Waals surface area contributed by atoms with Crippen LogP contribution in [-0.2, 0) is 11.3 Å². The van der Waals surface area contributed by atoms with Crippen molar-refractivity contribution in [3.8, 4) is 0 Å². The molecule has 0 aliphatic rings. The number of benzene rings is 1. The van der Waals surface area contributed by atoms with E-state index in [1.54, 1.807) is 13.0 Å². The summed E-state index contributed by atoms with van der Waals surface area (Å²) in [6, 6.07) is 8.46. The van der Waals surface area contributed by atoms with E-state index in [2.05, 4.69) is 16.0 Å². The van der Waals surface area contributed by atoms with Crippen LogP contribution < -0.4 is 16.0 Å². The van der Waals surface area contributed by atoms with Gasteiger partial charge in [-0.1, -0.05) is 25.1 Å². The van der Waals surface area contributed by atoms with Gasteiger partial charge in [-0.05, 0) is 31.2 Å². The molecule has 6 heteroatoms. The summed E-state index contributed by atoms with van der Waals surface area (Å²) < 4.78 is 4.86. The summed E-state index contributed by atoms with van der Waals surface area (Å²) >= 11 is 0. The van der Waals surface area contributed by atoms with Gasteiger partial charge >= 0.3 is 0 Å². The summed E-state index contributed by atoms with van der Waals surface area (Å²) in [5.74, 6) is -0.617. The number of anilines is 1. The van der Waals surface area contributed by atoms with Crippen LogP contribution in [0.2, 0.25) is 0 Å². The minimum absolute atomic E-state index is 0.272. The van der Waals surface area contributed by atoms with E-state index in [-0.39, 0.29) is 11.8 Å². The second kappa shape index (κ2) is 8.14. The Bertz CT molecular complexity index is 653. The SMILES string of the molecule is CCNCc1ccccc1NC(=O)C(C)NC(=O)c1ccoc1. The van der Waals surface area contributed by atoms with Gasteiger partial charge in [0.25, 0.3) is 5.91 Å². The summed E-state index contributed by atoms with van der Waals surface area (Å²) in [4.78, 5) is 24.2. The van der Waals surface area contributed by atoms with Gasteiger partial charge in [0.1, 0.15) is 12.3 Å². The predicted octanol–water partition coefficient (Wildman–Crippen LogP) is 2.15. The number of amides is 2. The van der Waals surface area contributed by atoms with Crippen molar-refractivity contribution in [3.63, 3.8) is 0 Å². The van der Waals surface area contributed by atoms with Crippen LogP contribution in [0.3, 0.4) is 0 Å². The van der Waals surface area contributed by atoms with Gasteiger partial charge in [-0.3, -0.25) is 9.59 Å². The molecule has 0 radical (unpaired) electrons. The van der Waals surface area contributed by atoms with Crippen LogP contribution in [0.4, 0.5) is 5.69 Å². The lowest BCUT2D eigenvalue weighted by Gasteiger charge is -2.16. The number of hydrogen-bond donors (Lipinski definition) is 3. The number of carbonyl (C=O) groups is 2. The molecule has 1 atom stereocenters. The van der Waals surface area contributed by atoms with Gasteiger partial charge in [-0.15, -0.1) is 0 Å². The Kier molecular flexibility index (Phi) is 5.94. The standard InChI is InChI=1S/C17H21N3O3/c1-3-18-10-13-6-4-5-7-15(13)20-16(21)12(2)19-17(22)14-8-9-23-11-14/h4-9,11-12,18H,3,10H2,1-2H3,(H,19,22)(H,20,21). The van der Waals surface area contributed by atoms with Gasteiger partial charge in [0.2, 0.25) is 5.91 Å². The Hall–Kier alpha value is -2.60. The average molecular weight is 315 g/mol. The van der Waals surface area contributed by atoms with E-state index in [0.717, 1.165) is 17.8 Å². The fourth-order valence-corrected chi connectivity index (χ4v) is 2.04. The smallest absolute Gasteiger partial charge is 0.255 e. The highest BCUT2D eigenvalue weighted by Gasteiger charge is 2.18. The van der Waals surface area contributed by atoms with Gasteiger partial charge < -0.3 is 20.4 Å². The van der Waals surface area contributed by atoms with Gasteiger partial charge in [0.15, 0.2) is 0 Å². The Morgan fingerprint density at radius 2 is 2.00 bits per heavy atom. The maximum atomic E-state index is 12.3. The van der Waals surface area contributed by atoms with E-state index >= 15 is 0 Å². The molecule has 0 spiro atoms. The van der Waals surface area contributed by atoms with Gasteiger partial charge in [-0.2, -0.15) is 0 Å². The summed E-state index contributed by atoms with van der Waals surface area (Å²) in [6.45, 7) is 5.18. The number of para-hydroxylation sites is 1. The maximum absolute atomic E-state index is 12.3. The van der Waals surface area contributed by atoms with Gasteiger partial charge in [-0.25, -0.2) is 0 Å². The minimum Gasteiger partial charge on any atom is -0.472 e. The molecule has 2 aromatic rings. The molecule has 23 heavy (non-hydrogen) atoms. The first-order chi connectivity index (χ1) is 11.1. The highest BCUT2D eigenvalue weighted by molar-refractivity contribution is 6.01. The molecule has 2 amide bonds. The summed E-state index contributed by atoms with van der Waals surface area (Å²) in [7, 11) is 0. The number of furan rings is 1. The summed E-state index contributed by atoms with van der Waals surface area (Å²) in [5.41, 5.74) is 2.12. The van der Waals surface area contributed by atoms with Gasteiger partial charge in [0.05, 0.1) is 11.8 Å². The summed E-state index contributed by atoms with van der Waals surface area (Å²) in [6.07, 6.45) is 2.75. The number of nitrogens with one attached hydrogen (secondary N) is 3. The molecule has 1 aromatic carbocycles. The first-order valence-electron chi connectivity index (χ1n) is 7.54. The van der Waals surface area contributed by atoms with E-state index < -0.39 is 6.04 Å². The fourth-order valence-electron chi connectivity index (χ4n) is 2.04. The lowest BCUT2D eigenvalue weighted by atomic mass is 10.1. The van der Waals surface area contributed by atoms with Gasteiger partial charge in [0, 0.05) is 12.2 Å². The molecule has 2 rings (SSSR count). The Balaban J connectivity index is 1.97. The fraction of sp³-hybridized carbons (Fsp3) is 0.294. The molecule has 1 aromatic heterocycles. The number of rotatable bonds is 7. The molecule has 1 unspecified atom stereocenters. The molecular formula is C17H21N3O3. The lowest BCUT2D eigenvalue weighted by Crippen LogP contribution is -2.41. The lowest BCUT2D eigenvalue weighted by molar-refractivity contribution is -0.117. The van der Waals surface area contributed by atoms with Crippen molar-refractivity contribution in [2.75, 3.05) is 11.9 Å². The van der Waals surface area contributed by atoms with E-state index in [4.69, 9.17) is 4.42 Å². The van der Waals surface area contributed by atoms with Crippen LogP contribution in [0.5, 0.6) is 0 Å². The molecule has 6 nitrogen and oxygen atoms in total. The van der Waals surface area contributed by atoms with Crippen molar-refractivity contribution < 1.29 is 14.0 Å². The zero-order valence-corrected chi connectivity index (χ0v) is 13.3. The van der Waals surface area contributed by atoms with E-state index in [1.807, 2.05) is 31.2 Å². The van der Waals surface area contributed by atoms with Crippen molar-refractivity contribution in [3.05, 3.63) is 54.0 Å². The predicted molar refractivity (Wildman–Crippen MR) is 88.1 cm³/mol. The first-order valence-corrected chi connectivity index (χ1v) is 7.54. The van der Waals surface area contributed by atoms with Crippen molar-refractivity contribution in [2.45, 2.75) is 26.4 Å². The third kappa shape index (κ3) is 4.69. The quantitative estimate of drug-likeness (QED) is 0.731. The third-order valence-corrected chi connectivity index (χ3v) is 3.36. The van der Waals surface area contributed by atoms with Crippen molar-refractivity contribution >= 4 is 17.5 Å². The number of carbonyl (C=O) groups excluding carboxylic acids is 2. The summed E-state index contributed by atoms with van der Waals surface area (Å²) in [5, 5.41) is 8.72. The normalized spacial score (nSPS) is 11.7. The topological polar surface area (TPSA) is 83.4 Å². The highest BCUT2D eigenvalue weighted by atomic mass is 16.3. The largest absolute Gasteiger partial charge is 0.472 e. The number of hydrogen-bond acceptors (Lipinski definition) is 4. The Morgan fingerprint density at radius 1 is 1.22 bits per heavy atom. The monoisotopic (exact) mass is 315 g/mol. The molecule has 3 N–H and O–H groups in total. The molecule has 0 saturated carbocycles. The molecule has 1 heterocycles. The molecule has 0 aliphatic heterocycles. The molecule has 0 aliphatic carbocycles. The minimum atomic E-state index is -0.662.